The van der Waals surface area contributed by atoms with Crippen LogP contribution in [0.5, 0.6) is 0 Å². The summed E-state index contributed by atoms with van der Waals surface area (Å²) in [6.45, 7) is 4.24. The molecule has 0 radical (unpaired) electrons. The molecule has 4 nitrogen and oxygen atoms in total. The van der Waals surface area contributed by atoms with Gasteiger partial charge in [0.15, 0.2) is 0 Å². The molecule has 3 saturated heterocycles. The lowest BCUT2D eigenvalue weighted by Crippen LogP contribution is -2.57. The highest BCUT2D eigenvalue weighted by Gasteiger charge is 2.42. The first kappa shape index (κ1) is 14.1. The van der Waals surface area contributed by atoms with Crippen LogP contribution in [0.25, 0.3) is 10.9 Å². The maximum Gasteiger partial charge on any atom is 0.272 e. The average Bonchev–Trinajstić information content (AvgIpc) is 3.06. The van der Waals surface area contributed by atoms with Crippen molar-refractivity contribution in [2.24, 2.45) is 5.92 Å². The third-order valence-electron chi connectivity index (χ3n) is 5.61. The van der Waals surface area contributed by atoms with Crippen LogP contribution in [-0.4, -0.2) is 46.0 Å². The highest BCUT2D eigenvalue weighted by molar-refractivity contribution is 6.00. The summed E-state index contributed by atoms with van der Waals surface area (Å²) in [6.07, 6.45) is 2.51. The summed E-state index contributed by atoms with van der Waals surface area (Å²) in [5.41, 5.74) is 2.05. The van der Waals surface area contributed by atoms with Crippen molar-refractivity contribution in [3.05, 3.63) is 36.0 Å². The Kier molecular flexibility index (Phi) is 3.20. The van der Waals surface area contributed by atoms with Gasteiger partial charge in [-0.25, -0.2) is 0 Å². The number of hydrogen-bond acceptors (Lipinski definition) is 2. The minimum atomic E-state index is 0. The maximum atomic E-state index is 12.8. The Balaban J connectivity index is 0.00000125. The monoisotopic (exact) mass is 317 g/mol. The molecule has 0 saturated carbocycles. The number of halogens is 1. The van der Waals surface area contributed by atoms with Gasteiger partial charge < -0.3 is 14.4 Å². The quantitative estimate of drug-likeness (QED) is 0.809. The van der Waals surface area contributed by atoms with Gasteiger partial charge in [-0.1, -0.05) is 18.2 Å². The molecule has 4 aliphatic rings. The Labute approximate surface area is 136 Å². The Morgan fingerprint density at radius 1 is 1.09 bits per heavy atom. The molecule has 0 aliphatic carbocycles. The van der Waals surface area contributed by atoms with E-state index in [1.54, 1.807) is 0 Å². The lowest BCUT2D eigenvalue weighted by molar-refractivity contribution is 0.00465. The molecule has 4 aliphatic heterocycles. The van der Waals surface area contributed by atoms with E-state index in [0.717, 1.165) is 18.9 Å². The summed E-state index contributed by atoms with van der Waals surface area (Å²) in [5, 5.41) is 1.18. The minimum absolute atomic E-state index is 0. The largest absolute Gasteiger partial charge is 0.318 e. The lowest BCUT2D eigenvalue weighted by Gasteiger charge is -2.47. The molecule has 1 unspecified atom stereocenters. The lowest BCUT2D eigenvalue weighted by atomic mass is 9.83. The van der Waals surface area contributed by atoms with Crippen LogP contribution in [-0.2, 0) is 6.67 Å². The second kappa shape index (κ2) is 5.00. The van der Waals surface area contributed by atoms with E-state index in [4.69, 9.17) is 0 Å². The van der Waals surface area contributed by atoms with Gasteiger partial charge in [-0.15, -0.1) is 12.4 Å². The molecule has 0 spiro atoms. The normalized spacial score (nSPS) is 29.7. The number of amides is 1. The number of carbonyl (C=O) groups is 1. The predicted octanol–water partition coefficient (Wildman–Crippen LogP) is 2.57. The zero-order valence-corrected chi connectivity index (χ0v) is 13.3. The van der Waals surface area contributed by atoms with Crippen molar-refractivity contribution in [2.45, 2.75) is 25.6 Å². The number of piperidine rings is 3. The maximum absolute atomic E-state index is 12.8. The highest BCUT2D eigenvalue weighted by Crippen LogP contribution is 2.35. The molecule has 1 aromatic heterocycles. The molecule has 1 amide bonds. The summed E-state index contributed by atoms with van der Waals surface area (Å²) in [4.78, 5) is 17.5. The number of carbonyl (C=O) groups excluding carboxylic acids is 1. The molecule has 1 atom stereocenters. The first-order valence-corrected chi connectivity index (χ1v) is 7.93. The van der Waals surface area contributed by atoms with E-state index in [-0.39, 0.29) is 18.3 Å². The third-order valence-corrected chi connectivity index (χ3v) is 5.61. The standard InChI is InChI=1S/C17H19N3O.ClH/c21-17-15-9-13-3-1-2-4-14(13)19(15)11-20(17)16-10-18-7-5-12(16)6-8-18;/h1-4,9,12,16H,5-8,10-11H2;1H. The summed E-state index contributed by atoms with van der Waals surface area (Å²) in [5.74, 6) is 0.930. The van der Waals surface area contributed by atoms with Gasteiger partial charge in [-0.2, -0.15) is 0 Å². The Morgan fingerprint density at radius 2 is 1.86 bits per heavy atom. The number of aromatic nitrogens is 1. The molecule has 0 N–H and O–H groups in total. The molecular formula is C17H20ClN3O. The van der Waals surface area contributed by atoms with Crippen LogP contribution in [0.3, 0.4) is 0 Å². The number of rotatable bonds is 1. The van der Waals surface area contributed by atoms with E-state index in [2.05, 4.69) is 38.6 Å². The van der Waals surface area contributed by atoms with E-state index in [9.17, 15) is 4.79 Å². The van der Waals surface area contributed by atoms with Crippen molar-refractivity contribution in [3.8, 4) is 0 Å². The number of nitrogens with zero attached hydrogens (tertiary/aromatic N) is 3. The predicted molar refractivity (Wildman–Crippen MR) is 88.3 cm³/mol. The van der Waals surface area contributed by atoms with Gasteiger partial charge in [0, 0.05) is 18.0 Å². The van der Waals surface area contributed by atoms with E-state index in [0.29, 0.717) is 12.0 Å². The van der Waals surface area contributed by atoms with Crippen molar-refractivity contribution < 1.29 is 4.79 Å². The smallest absolute Gasteiger partial charge is 0.272 e. The van der Waals surface area contributed by atoms with Crippen LogP contribution in [0.2, 0.25) is 0 Å². The van der Waals surface area contributed by atoms with Crippen LogP contribution in [0.1, 0.15) is 23.3 Å². The second-order valence-corrected chi connectivity index (χ2v) is 6.64. The average molecular weight is 318 g/mol. The SMILES string of the molecule is Cl.O=C1c2cc3ccccc3n2CN1C1CN2CCC1CC2. The fourth-order valence-electron chi connectivity index (χ4n) is 4.45. The molecule has 5 heteroatoms. The van der Waals surface area contributed by atoms with Crippen molar-refractivity contribution in [3.63, 3.8) is 0 Å². The fourth-order valence-corrected chi connectivity index (χ4v) is 4.45. The van der Waals surface area contributed by atoms with E-state index < -0.39 is 0 Å². The minimum Gasteiger partial charge on any atom is -0.318 e. The summed E-state index contributed by atoms with van der Waals surface area (Å²) < 4.78 is 2.19. The molecule has 6 rings (SSSR count). The van der Waals surface area contributed by atoms with Gasteiger partial charge in [0.05, 0.1) is 12.2 Å². The van der Waals surface area contributed by atoms with E-state index >= 15 is 0 Å². The van der Waals surface area contributed by atoms with Gasteiger partial charge in [-0.3, -0.25) is 4.79 Å². The van der Waals surface area contributed by atoms with E-state index in [1.807, 2.05) is 6.07 Å². The summed E-state index contributed by atoms with van der Waals surface area (Å²) >= 11 is 0. The van der Waals surface area contributed by atoms with Crippen LogP contribution >= 0.6 is 12.4 Å². The zero-order chi connectivity index (χ0) is 14.0. The van der Waals surface area contributed by atoms with Crippen molar-refractivity contribution in [2.75, 3.05) is 19.6 Å². The van der Waals surface area contributed by atoms with Crippen LogP contribution in [0.4, 0.5) is 0 Å². The molecule has 22 heavy (non-hydrogen) atoms. The summed E-state index contributed by atoms with van der Waals surface area (Å²) in [6, 6.07) is 10.8. The zero-order valence-electron chi connectivity index (χ0n) is 12.4. The van der Waals surface area contributed by atoms with Gasteiger partial charge >= 0.3 is 0 Å². The van der Waals surface area contributed by atoms with Crippen molar-refractivity contribution >= 4 is 29.2 Å². The van der Waals surface area contributed by atoms with Crippen molar-refractivity contribution in [1.29, 1.82) is 0 Å². The number of benzene rings is 1. The Hall–Kier alpha value is -1.52. The molecule has 2 bridgehead atoms. The molecule has 2 aromatic rings. The molecule has 116 valence electrons. The van der Waals surface area contributed by atoms with E-state index in [1.165, 1.54) is 36.8 Å². The number of hydrogen-bond donors (Lipinski definition) is 0. The number of fused-ring (bicyclic) bond motifs is 6. The number of para-hydroxylation sites is 1. The first-order valence-electron chi connectivity index (χ1n) is 7.93. The Bertz CT molecular complexity index is 733. The molecular weight excluding hydrogens is 298 g/mol. The fraction of sp³-hybridized carbons (Fsp3) is 0.471. The van der Waals surface area contributed by atoms with Gasteiger partial charge in [0.1, 0.15) is 5.69 Å². The molecule has 5 heterocycles. The highest BCUT2D eigenvalue weighted by atomic mass is 35.5. The first-order chi connectivity index (χ1) is 10.3. The van der Waals surface area contributed by atoms with Crippen molar-refractivity contribution in [1.82, 2.24) is 14.4 Å². The van der Waals surface area contributed by atoms with Gasteiger partial charge in [0.2, 0.25) is 0 Å². The van der Waals surface area contributed by atoms with Gasteiger partial charge in [-0.05, 0) is 44.0 Å². The van der Waals surface area contributed by atoms with Crippen LogP contribution in [0, 0.1) is 5.92 Å². The topological polar surface area (TPSA) is 28.5 Å². The van der Waals surface area contributed by atoms with Gasteiger partial charge in [0.25, 0.3) is 5.91 Å². The summed E-state index contributed by atoms with van der Waals surface area (Å²) in [7, 11) is 0. The molecule has 3 fully saturated rings. The second-order valence-electron chi connectivity index (χ2n) is 6.64. The van der Waals surface area contributed by atoms with Crippen LogP contribution in [0.15, 0.2) is 30.3 Å². The Morgan fingerprint density at radius 3 is 2.59 bits per heavy atom. The molecule has 1 aromatic carbocycles. The third kappa shape index (κ3) is 1.83. The van der Waals surface area contributed by atoms with Crippen LogP contribution < -0.4 is 0 Å².